The first-order chi connectivity index (χ1) is 5.37. The zero-order valence-electron chi connectivity index (χ0n) is 6.54. The van der Waals surface area contributed by atoms with E-state index in [0.29, 0.717) is 0 Å². The molecular weight excluding hydrogens is 138 g/mol. The van der Waals surface area contributed by atoms with Crippen molar-refractivity contribution in [1.82, 2.24) is 15.3 Å². The maximum Gasteiger partial charge on any atom is 0.115 e. The van der Waals surface area contributed by atoms with Crippen LogP contribution in [0.1, 0.15) is 18.5 Å². The van der Waals surface area contributed by atoms with Gasteiger partial charge in [0.25, 0.3) is 0 Å². The maximum absolute atomic E-state index is 4.21. The lowest BCUT2D eigenvalue weighted by molar-refractivity contribution is 0.566. The van der Waals surface area contributed by atoms with Crippen LogP contribution < -0.4 is 5.32 Å². The predicted octanol–water partition coefficient (Wildman–Crippen LogP) is 0.685. The van der Waals surface area contributed by atoms with Gasteiger partial charge in [0.2, 0.25) is 0 Å². The summed E-state index contributed by atoms with van der Waals surface area (Å²) in [5, 5.41) is 3.28. The van der Waals surface area contributed by atoms with E-state index in [0.717, 1.165) is 5.69 Å². The van der Waals surface area contributed by atoms with Crippen LogP contribution in [0, 0.1) is 0 Å². The minimum Gasteiger partial charge on any atom is -0.309 e. The van der Waals surface area contributed by atoms with Crippen molar-refractivity contribution in [2.45, 2.75) is 18.4 Å². The standard InChI is InChI=1S/C8H11N3/c1-9-8(3-4-8)7-2-5-10-6-11-7/h2,5-6,9H,3-4H2,1H3. The molecule has 0 saturated heterocycles. The van der Waals surface area contributed by atoms with E-state index in [1.165, 1.54) is 12.8 Å². The second-order valence-electron chi connectivity index (χ2n) is 2.93. The van der Waals surface area contributed by atoms with Gasteiger partial charge >= 0.3 is 0 Å². The molecular formula is C8H11N3. The van der Waals surface area contributed by atoms with Gasteiger partial charge in [-0.2, -0.15) is 0 Å². The van der Waals surface area contributed by atoms with Gasteiger partial charge < -0.3 is 5.32 Å². The third-order valence-corrected chi connectivity index (χ3v) is 2.30. The predicted molar refractivity (Wildman–Crippen MR) is 42.0 cm³/mol. The minimum absolute atomic E-state index is 0.183. The maximum atomic E-state index is 4.21. The Hall–Kier alpha value is -0.960. The van der Waals surface area contributed by atoms with E-state index < -0.39 is 0 Å². The molecule has 3 heteroatoms. The fourth-order valence-electron chi connectivity index (χ4n) is 1.33. The van der Waals surface area contributed by atoms with Crippen molar-refractivity contribution < 1.29 is 0 Å². The molecule has 1 aliphatic carbocycles. The largest absolute Gasteiger partial charge is 0.309 e. The van der Waals surface area contributed by atoms with Crippen LogP contribution in [0.4, 0.5) is 0 Å². The summed E-state index contributed by atoms with van der Waals surface area (Å²) in [6.45, 7) is 0. The molecule has 0 radical (unpaired) electrons. The fourth-order valence-corrected chi connectivity index (χ4v) is 1.33. The molecule has 1 saturated carbocycles. The molecule has 3 nitrogen and oxygen atoms in total. The number of hydrogen-bond acceptors (Lipinski definition) is 3. The number of aromatic nitrogens is 2. The van der Waals surface area contributed by atoms with Gasteiger partial charge in [0.15, 0.2) is 0 Å². The summed E-state index contributed by atoms with van der Waals surface area (Å²) < 4.78 is 0. The Bertz CT molecular complexity index is 241. The Labute approximate surface area is 65.9 Å². The molecule has 0 bridgehead atoms. The average molecular weight is 149 g/mol. The monoisotopic (exact) mass is 149 g/mol. The van der Waals surface area contributed by atoms with Crippen molar-refractivity contribution >= 4 is 0 Å². The van der Waals surface area contributed by atoms with E-state index in [2.05, 4.69) is 15.3 Å². The first-order valence-electron chi connectivity index (χ1n) is 3.83. The van der Waals surface area contributed by atoms with Crippen LogP contribution in [0.15, 0.2) is 18.6 Å². The number of hydrogen-bond donors (Lipinski definition) is 1. The molecule has 1 aromatic rings. The lowest BCUT2D eigenvalue weighted by Crippen LogP contribution is -2.25. The van der Waals surface area contributed by atoms with Crippen LogP contribution >= 0.6 is 0 Å². The number of nitrogens with one attached hydrogen (secondary N) is 1. The summed E-state index contributed by atoms with van der Waals surface area (Å²) in [6, 6.07) is 1.98. The third-order valence-electron chi connectivity index (χ3n) is 2.30. The van der Waals surface area contributed by atoms with Crippen LogP contribution in [-0.4, -0.2) is 17.0 Å². The average Bonchev–Trinajstić information content (AvgIpc) is 2.86. The first-order valence-corrected chi connectivity index (χ1v) is 3.83. The highest BCUT2D eigenvalue weighted by atomic mass is 15.0. The highest BCUT2D eigenvalue weighted by Crippen LogP contribution is 2.43. The molecule has 1 heterocycles. The van der Waals surface area contributed by atoms with Crippen molar-refractivity contribution in [2.75, 3.05) is 7.05 Å². The molecule has 11 heavy (non-hydrogen) atoms. The Balaban J connectivity index is 2.30. The lowest BCUT2D eigenvalue weighted by Gasteiger charge is -2.11. The summed E-state index contributed by atoms with van der Waals surface area (Å²) in [4.78, 5) is 8.09. The molecule has 2 rings (SSSR count). The highest BCUT2D eigenvalue weighted by Gasteiger charge is 2.43. The summed E-state index contributed by atoms with van der Waals surface area (Å²) in [5.74, 6) is 0. The Morgan fingerprint density at radius 3 is 2.82 bits per heavy atom. The molecule has 1 N–H and O–H groups in total. The molecule has 58 valence electrons. The topological polar surface area (TPSA) is 37.8 Å². The molecule has 1 aliphatic rings. The van der Waals surface area contributed by atoms with E-state index in [-0.39, 0.29) is 5.54 Å². The van der Waals surface area contributed by atoms with Gasteiger partial charge in [-0.05, 0) is 26.0 Å². The summed E-state index contributed by atoms with van der Waals surface area (Å²) in [5.41, 5.74) is 1.30. The minimum atomic E-state index is 0.183. The van der Waals surface area contributed by atoms with Crippen molar-refractivity contribution in [3.63, 3.8) is 0 Å². The second kappa shape index (κ2) is 2.27. The van der Waals surface area contributed by atoms with Crippen LogP contribution in [0.5, 0.6) is 0 Å². The van der Waals surface area contributed by atoms with Gasteiger partial charge in [-0.15, -0.1) is 0 Å². The first kappa shape index (κ1) is 6.73. The van der Waals surface area contributed by atoms with Gasteiger partial charge in [-0.25, -0.2) is 9.97 Å². The van der Waals surface area contributed by atoms with Gasteiger partial charge in [-0.3, -0.25) is 0 Å². The summed E-state index contributed by atoms with van der Waals surface area (Å²) in [6.07, 6.45) is 5.79. The van der Waals surface area contributed by atoms with Crippen LogP contribution in [0.3, 0.4) is 0 Å². The molecule has 0 spiro atoms. The molecule has 0 aliphatic heterocycles. The molecule has 0 aromatic carbocycles. The zero-order valence-corrected chi connectivity index (χ0v) is 6.54. The van der Waals surface area contributed by atoms with Crippen molar-refractivity contribution in [1.29, 1.82) is 0 Å². The quantitative estimate of drug-likeness (QED) is 0.672. The summed E-state index contributed by atoms with van der Waals surface area (Å²) >= 11 is 0. The van der Waals surface area contributed by atoms with E-state index in [1.807, 2.05) is 13.1 Å². The Morgan fingerprint density at radius 2 is 2.36 bits per heavy atom. The van der Waals surface area contributed by atoms with Crippen molar-refractivity contribution in [3.05, 3.63) is 24.3 Å². The van der Waals surface area contributed by atoms with Crippen molar-refractivity contribution in [3.8, 4) is 0 Å². The van der Waals surface area contributed by atoms with Gasteiger partial charge in [0.05, 0.1) is 11.2 Å². The number of rotatable bonds is 2. The number of nitrogens with zero attached hydrogens (tertiary/aromatic N) is 2. The smallest absolute Gasteiger partial charge is 0.115 e. The molecule has 0 atom stereocenters. The van der Waals surface area contributed by atoms with E-state index in [1.54, 1.807) is 12.5 Å². The van der Waals surface area contributed by atoms with Gasteiger partial charge in [-0.1, -0.05) is 0 Å². The second-order valence-corrected chi connectivity index (χ2v) is 2.93. The molecule has 1 fully saturated rings. The van der Waals surface area contributed by atoms with Crippen LogP contribution in [0.25, 0.3) is 0 Å². The Kier molecular flexibility index (Phi) is 1.39. The normalized spacial score (nSPS) is 19.7. The van der Waals surface area contributed by atoms with Crippen LogP contribution in [0.2, 0.25) is 0 Å². The molecule has 1 aromatic heterocycles. The van der Waals surface area contributed by atoms with E-state index >= 15 is 0 Å². The third kappa shape index (κ3) is 1.01. The van der Waals surface area contributed by atoms with E-state index in [4.69, 9.17) is 0 Å². The fraction of sp³-hybridized carbons (Fsp3) is 0.500. The van der Waals surface area contributed by atoms with Crippen molar-refractivity contribution in [2.24, 2.45) is 0 Å². The highest BCUT2D eigenvalue weighted by molar-refractivity contribution is 5.20. The van der Waals surface area contributed by atoms with Gasteiger partial charge in [0, 0.05) is 6.20 Å². The van der Waals surface area contributed by atoms with Crippen LogP contribution in [-0.2, 0) is 5.54 Å². The molecule has 0 amide bonds. The van der Waals surface area contributed by atoms with Gasteiger partial charge in [0.1, 0.15) is 6.33 Å². The molecule has 0 unspecified atom stereocenters. The Morgan fingerprint density at radius 1 is 1.55 bits per heavy atom. The SMILES string of the molecule is CNC1(c2ccncn2)CC1. The lowest BCUT2D eigenvalue weighted by atomic mass is 10.2. The van der Waals surface area contributed by atoms with E-state index in [9.17, 15) is 0 Å². The summed E-state index contributed by atoms with van der Waals surface area (Å²) in [7, 11) is 1.98. The zero-order chi connectivity index (χ0) is 7.73.